The first-order chi connectivity index (χ1) is 13.5. The van der Waals surface area contributed by atoms with Crippen LogP contribution in [0.25, 0.3) is 11.3 Å². The molecular weight excluding hydrogens is 376 g/mol. The molecule has 1 aromatic carbocycles. The number of carbonyl (C=O) groups excluding carboxylic acids is 2. The third-order valence-corrected chi connectivity index (χ3v) is 5.84. The Morgan fingerprint density at radius 2 is 2.11 bits per heavy atom. The Labute approximate surface area is 168 Å². The fourth-order valence-electron chi connectivity index (χ4n) is 3.49. The lowest BCUT2D eigenvalue weighted by atomic mass is 9.91. The summed E-state index contributed by atoms with van der Waals surface area (Å²) >= 11 is 1.61. The van der Waals surface area contributed by atoms with E-state index in [4.69, 9.17) is 5.21 Å². The Hall–Kier alpha value is -2.45. The summed E-state index contributed by atoms with van der Waals surface area (Å²) < 4.78 is 0. The molecule has 0 aliphatic carbocycles. The third-order valence-electron chi connectivity index (χ3n) is 5.07. The lowest BCUT2D eigenvalue weighted by Gasteiger charge is -2.32. The molecule has 2 heterocycles. The maximum atomic E-state index is 12.6. The number of rotatable bonds is 6. The van der Waals surface area contributed by atoms with E-state index < -0.39 is 0 Å². The molecule has 1 aromatic heterocycles. The van der Waals surface area contributed by atoms with Gasteiger partial charge in [-0.1, -0.05) is 12.1 Å². The van der Waals surface area contributed by atoms with Gasteiger partial charge >= 0.3 is 6.03 Å². The number of carbonyl (C=O) groups is 2. The van der Waals surface area contributed by atoms with Gasteiger partial charge in [0.2, 0.25) is 5.91 Å². The van der Waals surface area contributed by atoms with Gasteiger partial charge in [-0.3, -0.25) is 10.0 Å². The average Bonchev–Trinajstić information content (AvgIpc) is 3.15. The van der Waals surface area contributed by atoms with Crippen molar-refractivity contribution < 1.29 is 14.8 Å². The van der Waals surface area contributed by atoms with Crippen LogP contribution in [0.4, 0.5) is 10.5 Å². The fourth-order valence-corrected chi connectivity index (χ4v) is 4.11. The molecule has 3 rings (SSSR count). The van der Waals surface area contributed by atoms with E-state index in [1.54, 1.807) is 16.8 Å². The van der Waals surface area contributed by atoms with E-state index in [1.807, 2.05) is 41.5 Å². The number of aromatic nitrogens is 1. The first-order valence-corrected chi connectivity index (χ1v) is 10.4. The summed E-state index contributed by atoms with van der Waals surface area (Å²) in [7, 11) is 0. The van der Waals surface area contributed by atoms with E-state index in [-0.39, 0.29) is 11.9 Å². The second kappa shape index (κ2) is 9.66. The van der Waals surface area contributed by atoms with E-state index in [1.165, 1.54) is 0 Å². The molecular formula is C20H26N4O3S. The number of amides is 3. The molecule has 1 saturated heterocycles. The van der Waals surface area contributed by atoms with Crippen LogP contribution in [0.15, 0.2) is 29.6 Å². The number of piperidine rings is 1. The van der Waals surface area contributed by atoms with E-state index in [9.17, 15) is 9.59 Å². The molecule has 1 aliphatic rings. The van der Waals surface area contributed by atoms with Gasteiger partial charge in [-0.15, -0.1) is 11.3 Å². The van der Waals surface area contributed by atoms with E-state index in [2.05, 4.69) is 10.3 Å². The second-order valence-electron chi connectivity index (χ2n) is 7.12. The van der Waals surface area contributed by atoms with Gasteiger partial charge in [-0.25, -0.2) is 15.3 Å². The van der Waals surface area contributed by atoms with Crippen LogP contribution in [0.3, 0.4) is 0 Å². The minimum absolute atomic E-state index is 0.0790. The van der Waals surface area contributed by atoms with Crippen LogP contribution in [0.5, 0.6) is 0 Å². The topological polar surface area (TPSA) is 94.6 Å². The van der Waals surface area contributed by atoms with Crippen LogP contribution in [0, 0.1) is 12.8 Å². The number of benzene rings is 1. The van der Waals surface area contributed by atoms with Crippen molar-refractivity contribution in [1.29, 1.82) is 0 Å². The van der Waals surface area contributed by atoms with Crippen LogP contribution in [0.1, 0.15) is 37.1 Å². The molecule has 1 fully saturated rings. The van der Waals surface area contributed by atoms with Gasteiger partial charge in [0.15, 0.2) is 0 Å². The van der Waals surface area contributed by atoms with E-state index in [0.717, 1.165) is 47.6 Å². The van der Waals surface area contributed by atoms with Crippen molar-refractivity contribution in [1.82, 2.24) is 15.4 Å². The summed E-state index contributed by atoms with van der Waals surface area (Å²) in [6, 6.07) is 7.68. The number of hydroxylamine groups is 1. The molecule has 0 bridgehead atoms. The molecule has 150 valence electrons. The SMILES string of the molecule is Cc1nc(-c2cccc(NC(=O)N3CCC(CCCC(=O)NO)CC3)c2)cs1. The molecule has 0 atom stereocenters. The van der Waals surface area contributed by atoms with Crippen LogP contribution >= 0.6 is 11.3 Å². The summed E-state index contributed by atoms with van der Waals surface area (Å²) in [6.45, 7) is 3.41. The monoisotopic (exact) mass is 402 g/mol. The maximum absolute atomic E-state index is 12.6. The highest BCUT2D eigenvalue weighted by Gasteiger charge is 2.23. The summed E-state index contributed by atoms with van der Waals surface area (Å²) in [5.41, 5.74) is 4.35. The molecule has 3 amide bonds. The molecule has 0 unspecified atom stereocenters. The molecule has 0 saturated carbocycles. The predicted octanol–water partition coefficient (Wildman–Crippen LogP) is 4.04. The van der Waals surface area contributed by atoms with Gasteiger partial charge in [0.1, 0.15) is 0 Å². The fraction of sp³-hybridized carbons (Fsp3) is 0.450. The predicted molar refractivity (Wildman–Crippen MR) is 109 cm³/mol. The molecule has 0 radical (unpaired) electrons. The number of anilines is 1. The number of thiazole rings is 1. The highest BCUT2D eigenvalue weighted by Crippen LogP contribution is 2.26. The molecule has 3 N–H and O–H groups in total. The van der Waals surface area contributed by atoms with Crippen molar-refractivity contribution in [2.24, 2.45) is 5.92 Å². The Kier molecular flexibility index (Phi) is 7.00. The average molecular weight is 403 g/mol. The first kappa shape index (κ1) is 20.3. The van der Waals surface area contributed by atoms with Gasteiger partial charge in [0, 0.05) is 36.1 Å². The summed E-state index contributed by atoms with van der Waals surface area (Å²) in [5.74, 6) is 0.179. The van der Waals surface area contributed by atoms with Crippen LogP contribution in [-0.4, -0.2) is 40.1 Å². The van der Waals surface area contributed by atoms with Gasteiger partial charge in [-0.2, -0.15) is 0 Å². The lowest BCUT2D eigenvalue weighted by molar-refractivity contribution is -0.129. The first-order valence-electron chi connectivity index (χ1n) is 9.56. The number of nitrogens with one attached hydrogen (secondary N) is 2. The zero-order valence-corrected chi connectivity index (χ0v) is 16.8. The number of hydrogen-bond acceptors (Lipinski definition) is 5. The Bertz CT molecular complexity index is 815. The normalized spacial score (nSPS) is 14.7. The number of hydrogen-bond donors (Lipinski definition) is 3. The van der Waals surface area contributed by atoms with Crippen molar-refractivity contribution in [3.63, 3.8) is 0 Å². The van der Waals surface area contributed by atoms with Gasteiger partial charge in [-0.05, 0) is 50.7 Å². The van der Waals surface area contributed by atoms with Crippen molar-refractivity contribution >= 4 is 29.0 Å². The Morgan fingerprint density at radius 1 is 1.32 bits per heavy atom. The van der Waals surface area contributed by atoms with E-state index >= 15 is 0 Å². The number of aryl methyl sites for hydroxylation is 1. The zero-order valence-electron chi connectivity index (χ0n) is 16.0. The quantitative estimate of drug-likeness (QED) is 0.502. The molecule has 2 aromatic rings. The van der Waals surface area contributed by atoms with Crippen LogP contribution in [0.2, 0.25) is 0 Å². The van der Waals surface area contributed by atoms with Crippen molar-refractivity contribution in [3.05, 3.63) is 34.7 Å². The van der Waals surface area contributed by atoms with Crippen molar-refractivity contribution in [2.75, 3.05) is 18.4 Å². The van der Waals surface area contributed by atoms with Gasteiger partial charge in [0.25, 0.3) is 0 Å². The summed E-state index contributed by atoms with van der Waals surface area (Å²) in [4.78, 5) is 30.0. The highest BCUT2D eigenvalue weighted by molar-refractivity contribution is 7.09. The maximum Gasteiger partial charge on any atom is 0.321 e. The zero-order chi connectivity index (χ0) is 19.9. The molecule has 0 spiro atoms. The molecule has 7 nitrogen and oxygen atoms in total. The Morgan fingerprint density at radius 3 is 2.79 bits per heavy atom. The molecule has 1 aliphatic heterocycles. The largest absolute Gasteiger partial charge is 0.325 e. The van der Waals surface area contributed by atoms with Gasteiger partial charge < -0.3 is 10.2 Å². The third kappa shape index (κ3) is 5.53. The lowest BCUT2D eigenvalue weighted by Crippen LogP contribution is -2.41. The smallest absolute Gasteiger partial charge is 0.321 e. The molecule has 8 heteroatoms. The molecule has 28 heavy (non-hydrogen) atoms. The van der Waals surface area contributed by atoms with Gasteiger partial charge in [0.05, 0.1) is 10.7 Å². The van der Waals surface area contributed by atoms with Crippen LogP contribution in [-0.2, 0) is 4.79 Å². The minimum Gasteiger partial charge on any atom is -0.325 e. The minimum atomic E-state index is -0.341. The second-order valence-corrected chi connectivity index (χ2v) is 8.18. The van der Waals surface area contributed by atoms with E-state index in [0.29, 0.717) is 25.4 Å². The standard InChI is InChI=1S/C20H26N4O3S/c1-14-21-18(13-28-14)16-5-3-6-17(12-16)22-20(26)24-10-8-15(9-11-24)4-2-7-19(25)23-27/h3,5-6,12-13,15,27H,2,4,7-11H2,1H3,(H,22,26)(H,23,25). The van der Waals surface area contributed by atoms with Crippen LogP contribution < -0.4 is 10.8 Å². The number of urea groups is 1. The van der Waals surface area contributed by atoms with Crippen molar-refractivity contribution in [2.45, 2.75) is 39.0 Å². The van der Waals surface area contributed by atoms with Crippen molar-refractivity contribution in [3.8, 4) is 11.3 Å². The Balaban J connectivity index is 1.48. The highest BCUT2D eigenvalue weighted by atomic mass is 32.1. The summed E-state index contributed by atoms with van der Waals surface area (Å²) in [6.07, 6.45) is 3.91. The summed E-state index contributed by atoms with van der Waals surface area (Å²) in [5, 5.41) is 14.5. The number of likely N-dealkylation sites (tertiary alicyclic amines) is 1. The number of nitrogens with zero attached hydrogens (tertiary/aromatic N) is 2.